The summed E-state index contributed by atoms with van der Waals surface area (Å²) in [5.74, 6) is 0.155. The van der Waals surface area contributed by atoms with E-state index in [4.69, 9.17) is 5.73 Å². The van der Waals surface area contributed by atoms with Crippen molar-refractivity contribution in [3.05, 3.63) is 0 Å². The van der Waals surface area contributed by atoms with Crippen molar-refractivity contribution in [2.45, 2.75) is 44.8 Å². The van der Waals surface area contributed by atoms with E-state index < -0.39 is 0 Å². The van der Waals surface area contributed by atoms with Crippen molar-refractivity contribution in [1.82, 2.24) is 4.90 Å². The second-order valence-electron chi connectivity index (χ2n) is 4.15. The smallest absolute Gasteiger partial charge is 0.222 e. The zero-order chi connectivity index (χ0) is 10.6. The molecule has 1 aliphatic heterocycles. The lowest BCUT2D eigenvalue weighted by molar-refractivity contribution is -0.130. The van der Waals surface area contributed by atoms with E-state index in [9.17, 15) is 9.90 Å². The minimum absolute atomic E-state index is 0.155. The maximum absolute atomic E-state index is 11.5. The molecule has 82 valence electrons. The lowest BCUT2D eigenvalue weighted by Gasteiger charge is -2.15. The van der Waals surface area contributed by atoms with E-state index in [-0.39, 0.29) is 18.1 Å². The Bertz CT molecular complexity index is 195. The molecule has 1 rings (SSSR count). The maximum Gasteiger partial charge on any atom is 0.222 e. The molecule has 0 radical (unpaired) electrons. The lowest BCUT2D eigenvalue weighted by atomic mass is 10.1. The van der Waals surface area contributed by atoms with E-state index in [0.29, 0.717) is 19.5 Å². The fourth-order valence-electron chi connectivity index (χ4n) is 1.70. The van der Waals surface area contributed by atoms with Crippen molar-refractivity contribution < 1.29 is 9.90 Å². The Labute approximate surface area is 85.1 Å². The quantitative estimate of drug-likeness (QED) is 0.676. The standard InChI is InChI=1S/C10H20N2O2/c1-8(11)3-2-4-10(14)12-6-5-9(13)7-12/h8-9,13H,2-7,11H2,1H3/t8?,9-/m1/s1. The molecular weight excluding hydrogens is 180 g/mol. The van der Waals surface area contributed by atoms with E-state index in [1.807, 2.05) is 6.92 Å². The van der Waals surface area contributed by atoms with Crippen molar-refractivity contribution >= 4 is 5.91 Å². The second-order valence-corrected chi connectivity index (χ2v) is 4.15. The Balaban J connectivity index is 2.15. The number of likely N-dealkylation sites (tertiary alicyclic amines) is 1. The molecule has 3 N–H and O–H groups in total. The molecule has 14 heavy (non-hydrogen) atoms. The van der Waals surface area contributed by atoms with Crippen LogP contribution in [0, 0.1) is 0 Å². The predicted molar refractivity (Wildman–Crippen MR) is 54.7 cm³/mol. The molecule has 4 heteroatoms. The zero-order valence-corrected chi connectivity index (χ0v) is 8.78. The first-order valence-corrected chi connectivity index (χ1v) is 5.31. The normalized spacial score (nSPS) is 23.9. The summed E-state index contributed by atoms with van der Waals surface area (Å²) in [5, 5.41) is 9.25. The molecule has 1 saturated heterocycles. The molecule has 0 saturated carbocycles. The number of carbonyl (C=O) groups excluding carboxylic acids is 1. The van der Waals surface area contributed by atoms with Crippen LogP contribution in [0.4, 0.5) is 0 Å². The molecule has 1 aliphatic rings. The molecule has 0 aliphatic carbocycles. The van der Waals surface area contributed by atoms with Gasteiger partial charge in [-0.2, -0.15) is 0 Å². The van der Waals surface area contributed by atoms with Crippen LogP contribution >= 0.6 is 0 Å². The first-order chi connectivity index (χ1) is 6.59. The number of rotatable bonds is 4. The Morgan fingerprint density at radius 3 is 2.93 bits per heavy atom. The van der Waals surface area contributed by atoms with Crippen molar-refractivity contribution in [2.24, 2.45) is 5.73 Å². The molecule has 0 spiro atoms. The molecule has 0 aromatic rings. The Morgan fingerprint density at radius 1 is 1.71 bits per heavy atom. The highest BCUT2D eigenvalue weighted by Gasteiger charge is 2.23. The van der Waals surface area contributed by atoms with Gasteiger partial charge in [0.25, 0.3) is 0 Å². The maximum atomic E-state index is 11.5. The van der Waals surface area contributed by atoms with Crippen LogP contribution < -0.4 is 5.73 Å². The molecule has 1 amide bonds. The van der Waals surface area contributed by atoms with Crippen molar-refractivity contribution in [2.75, 3.05) is 13.1 Å². The van der Waals surface area contributed by atoms with Gasteiger partial charge in [-0.1, -0.05) is 0 Å². The van der Waals surface area contributed by atoms with Crippen LogP contribution in [0.5, 0.6) is 0 Å². The van der Waals surface area contributed by atoms with Gasteiger partial charge in [0.2, 0.25) is 5.91 Å². The van der Waals surface area contributed by atoms with Crippen LogP contribution in [-0.4, -0.2) is 41.1 Å². The number of aliphatic hydroxyl groups excluding tert-OH is 1. The Hall–Kier alpha value is -0.610. The van der Waals surface area contributed by atoms with Crippen LogP contribution in [0.25, 0.3) is 0 Å². The first-order valence-electron chi connectivity index (χ1n) is 5.31. The SMILES string of the molecule is CC(N)CCCC(=O)N1CC[C@@H](O)C1. The highest BCUT2D eigenvalue weighted by molar-refractivity contribution is 5.76. The topological polar surface area (TPSA) is 66.6 Å². The molecule has 1 fully saturated rings. The number of amides is 1. The summed E-state index contributed by atoms with van der Waals surface area (Å²) >= 11 is 0. The second kappa shape index (κ2) is 5.32. The third-order valence-electron chi connectivity index (χ3n) is 2.57. The number of hydrogen-bond donors (Lipinski definition) is 2. The van der Waals surface area contributed by atoms with Crippen LogP contribution in [0.3, 0.4) is 0 Å². The number of β-amino-alcohol motifs (C(OH)–C–C–N with tert-alkyl or cyclic N) is 1. The van der Waals surface area contributed by atoms with Gasteiger partial charge in [-0.25, -0.2) is 0 Å². The van der Waals surface area contributed by atoms with Gasteiger partial charge in [0.1, 0.15) is 0 Å². The van der Waals surface area contributed by atoms with E-state index in [0.717, 1.165) is 19.3 Å². The number of aliphatic hydroxyl groups is 1. The number of carbonyl (C=O) groups is 1. The summed E-state index contributed by atoms with van der Waals surface area (Å²) in [6.45, 7) is 3.17. The number of nitrogens with two attached hydrogens (primary N) is 1. The summed E-state index contributed by atoms with van der Waals surface area (Å²) in [6.07, 6.45) is 2.71. The van der Waals surface area contributed by atoms with Gasteiger partial charge in [0.15, 0.2) is 0 Å². The molecule has 0 aromatic carbocycles. The third-order valence-corrected chi connectivity index (χ3v) is 2.57. The summed E-state index contributed by atoms with van der Waals surface area (Å²) in [5.41, 5.74) is 5.59. The van der Waals surface area contributed by atoms with Crippen molar-refractivity contribution in [3.8, 4) is 0 Å². The van der Waals surface area contributed by atoms with Gasteiger partial charge in [-0.15, -0.1) is 0 Å². The zero-order valence-electron chi connectivity index (χ0n) is 8.78. The largest absolute Gasteiger partial charge is 0.391 e. The van der Waals surface area contributed by atoms with Gasteiger partial charge in [0.05, 0.1) is 6.10 Å². The van der Waals surface area contributed by atoms with Crippen molar-refractivity contribution in [1.29, 1.82) is 0 Å². The minimum atomic E-state index is -0.313. The van der Waals surface area contributed by atoms with Crippen LogP contribution in [0.1, 0.15) is 32.6 Å². The van der Waals surface area contributed by atoms with E-state index in [1.165, 1.54) is 0 Å². The molecular formula is C10H20N2O2. The van der Waals surface area contributed by atoms with Gasteiger partial charge in [-0.05, 0) is 26.2 Å². The Kier molecular flexibility index (Phi) is 4.35. The van der Waals surface area contributed by atoms with E-state index >= 15 is 0 Å². The number of nitrogens with zero attached hydrogens (tertiary/aromatic N) is 1. The van der Waals surface area contributed by atoms with Crippen LogP contribution in [0.2, 0.25) is 0 Å². The summed E-state index contributed by atoms with van der Waals surface area (Å²) in [4.78, 5) is 13.3. The average molecular weight is 200 g/mol. The number of hydrogen-bond acceptors (Lipinski definition) is 3. The summed E-state index contributed by atoms with van der Waals surface area (Å²) < 4.78 is 0. The van der Waals surface area contributed by atoms with Crippen molar-refractivity contribution in [3.63, 3.8) is 0 Å². The van der Waals surface area contributed by atoms with Gasteiger partial charge in [-0.3, -0.25) is 4.79 Å². The highest BCUT2D eigenvalue weighted by Crippen LogP contribution is 2.11. The fourth-order valence-corrected chi connectivity index (χ4v) is 1.70. The Morgan fingerprint density at radius 2 is 2.43 bits per heavy atom. The molecule has 0 bridgehead atoms. The van der Waals surface area contributed by atoms with E-state index in [1.54, 1.807) is 4.90 Å². The molecule has 1 unspecified atom stereocenters. The van der Waals surface area contributed by atoms with Gasteiger partial charge in [0, 0.05) is 25.6 Å². The summed E-state index contributed by atoms with van der Waals surface area (Å²) in [7, 11) is 0. The average Bonchev–Trinajstić information content (AvgIpc) is 2.51. The highest BCUT2D eigenvalue weighted by atomic mass is 16.3. The molecule has 2 atom stereocenters. The molecule has 0 aromatic heterocycles. The first kappa shape index (κ1) is 11.5. The lowest BCUT2D eigenvalue weighted by Crippen LogP contribution is -2.29. The van der Waals surface area contributed by atoms with Gasteiger partial charge >= 0.3 is 0 Å². The fraction of sp³-hybridized carbons (Fsp3) is 0.900. The van der Waals surface area contributed by atoms with Crippen LogP contribution in [0.15, 0.2) is 0 Å². The third kappa shape index (κ3) is 3.64. The van der Waals surface area contributed by atoms with E-state index in [2.05, 4.69) is 0 Å². The van der Waals surface area contributed by atoms with Gasteiger partial charge < -0.3 is 15.7 Å². The predicted octanol–water partition coefficient (Wildman–Crippen LogP) is 0.0971. The molecule has 4 nitrogen and oxygen atoms in total. The minimum Gasteiger partial charge on any atom is -0.391 e. The van der Waals surface area contributed by atoms with Crippen LogP contribution in [-0.2, 0) is 4.79 Å². The summed E-state index contributed by atoms with van der Waals surface area (Å²) in [6, 6.07) is 0.173. The molecule has 1 heterocycles. The monoisotopic (exact) mass is 200 g/mol.